The van der Waals surface area contributed by atoms with Crippen LogP contribution in [0, 0.1) is 0 Å². The summed E-state index contributed by atoms with van der Waals surface area (Å²) in [5.41, 5.74) is 5.08. The molecule has 0 fully saturated rings. The maximum atomic E-state index is 11.4. The fourth-order valence-corrected chi connectivity index (χ4v) is 1.93. The Hall–Kier alpha value is -1.75. The predicted molar refractivity (Wildman–Crippen MR) is 54.4 cm³/mol. The van der Waals surface area contributed by atoms with E-state index in [1.807, 2.05) is 0 Å². The number of nitrogens with zero attached hydrogens (tertiary/aromatic N) is 1. The van der Waals surface area contributed by atoms with Crippen LogP contribution < -0.4 is 10.5 Å². The van der Waals surface area contributed by atoms with Crippen LogP contribution in [0.25, 0.3) is 10.2 Å². The Morgan fingerprint density at radius 1 is 1.50 bits per heavy atom. The van der Waals surface area contributed by atoms with Gasteiger partial charge in [-0.3, -0.25) is 9.59 Å². The molecule has 0 saturated carbocycles. The van der Waals surface area contributed by atoms with E-state index in [4.69, 9.17) is 5.73 Å². The van der Waals surface area contributed by atoms with Gasteiger partial charge in [0.2, 0.25) is 4.74 Å². The standard InChI is InChI=1S/C9H6N2O2S/c10-7(12)6-4-5-2-1-3-11-8(5)14-9(6)13/h1-4H,(H2,10,12). The first-order valence-corrected chi connectivity index (χ1v) is 4.69. The maximum Gasteiger partial charge on any atom is 0.253 e. The fourth-order valence-electron chi connectivity index (χ4n) is 1.13. The van der Waals surface area contributed by atoms with Gasteiger partial charge < -0.3 is 5.73 Å². The first kappa shape index (κ1) is 8.83. The summed E-state index contributed by atoms with van der Waals surface area (Å²) in [4.78, 5) is 26.8. The maximum absolute atomic E-state index is 11.4. The molecule has 0 saturated heterocycles. The third kappa shape index (κ3) is 1.38. The van der Waals surface area contributed by atoms with Crippen molar-refractivity contribution in [3.05, 3.63) is 39.5 Å². The summed E-state index contributed by atoms with van der Waals surface area (Å²) in [5.74, 6) is -0.697. The van der Waals surface area contributed by atoms with Crippen LogP contribution in [0.5, 0.6) is 0 Å². The number of carbonyl (C=O) groups excluding carboxylic acids is 1. The molecule has 5 heteroatoms. The van der Waals surface area contributed by atoms with Gasteiger partial charge in [0, 0.05) is 11.6 Å². The SMILES string of the molecule is NC(=O)c1cc2cccnc2sc1=O. The third-order valence-corrected chi connectivity index (χ3v) is 2.71. The number of hydrogen-bond acceptors (Lipinski definition) is 4. The molecule has 0 bridgehead atoms. The van der Waals surface area contributed by atoms with Gasteiger partial charge >= 0.3 is 0 Å². The molecule has 0 atom stereocenters. The molecule has 14 heavy (non-hydrogen) atoms. The Labute approximate surface area is 83.0 Å². The van der Waals surface area contributed by atoms with Gasteiger partial charge in [-0.2, -0.15) is 0 Å². The number of rotatable bonds is 1. The second-order valence-electron chi connectivity index (χ2n) is 2.71. The molecule has 2 rings (SSSR count). The largest absolute Gasteiger partial charge is 0.365 e. The summed E-state index contributed by atoms with van der Waals surface area (Å²) in [6.07, 6.45) is 1.60. The number of pyridine rings is 1. The Morgan fingerprint density at radius 2 is 2.29 bits per heavy atom. The number of hydrogen-bond donors (Lipinski definition) is 1. The van der Waals surface area contributed by atoms with Gasteiger partial charge in [0.05, 0.1) is 5.56 Å². The highest BCUT2D eigenvalue weighted by molar-refractivity contribution is 7.16. The van der Waals surface area contributed by atoms with Gasteiger partial charge in [-0.15, -0.1) is 0 Å². The number of nitrogens with two attached hydrogens (primary N) is 1. The predicted octanol–water partition coefficient (Wildman–Crippen LogP) is 0.755. The topological polar surface area (TPSA) is 73.1 Å². The zero-order chi connectivity index (χ0) is 10.1. The van der Waals surface area contributed by atoms with E-state index < -0.39 is 5.91 Å². The normalized spacial score (nSPS) is 10.3. The summed E-state index contributed by atoms with van der Waals surface area (Å²) in [6, 6.07) is 5.00. The Morgan fingerprint density at radius 3 is 3.00 bits per heavy atom. The average molecular weight is 206 g/mol. The van der Waals surface area contributed by atoms with Crippen molar-refractivity contribution in [2.75, 3.05) is 0 Å². The zero-order valence-corrected chi connectivity index (χ0v) is 7.88. The first-order chi connectivity index (χ1) is 6.68. The number of primary amides is 1. The minimum absolute atomic E-state index is 0.0236. The molecular weight excluding hydrogens is 200 g/mol. The second kappa shape index (κ2) is 3.19. The monoisotopic (exact) mass is 206 g/mol. The highest BCUT2D eigenvalue weighted by Gasteiger charge is 2.08. The number of fused-ring (bicyclic) bond motifs is 1. The van der Waals surface area contributed by atoms with E-state index in [2.05, 4.69) is 4.98 Å². The van der Waals surface area contributed by atoms with Crippen LogP contribution in [0.1, 0.15) is 10.4 Å². The minimum atomic E-state index is -0.697. The van der Waals surface area contributed by atoms with Gasteiger partial charge in [0.1, 0.15) is 4.83 Å². The fraction of sp³-hybridized carbons (Fsp3) is 0. The van der Waals surface area contributed by atoms with Crippen molar-refractivity contribution in [2.24, 2.45) is 5.73 Å². The first-order valence-electron chi connectivity index (χ1n) is 3.87. The summed E-state index contributed by atoms with van der Waals surface area (Å²) < 4.78 is -0.344. The van der Waals surface area contributed by atoms with Crippen LogP contribution in [0.3, 0.4) is 0 Å². The van der Waals surface area contributed by atoms with E-state index in [1.54, 1.807) is 18.3 Å². The number of aromatic nitrogens is 1. The lowest BCUT2D eigenvalue weighted by molar-refractivity contribution is 0.1000. The van der Waals surface area contributed by atoms with Crippen molar-refractivity contribution in [1.29, 1.82) is 0 Å². The Bertz CT molecular complexity index is 562. The Balaban J connectivity index is 2.84. The van der Waals surface area contributed by atoms with Crippen molar-refractivity contribution in [3.8, 4) is 0 Å². The molecule has 2 heterocycles. The molecular formula is C9H6N2O2S. The zero-order valence-electron chi connectivity index (χ0n) is 7.06. The summed E-state index contributed by atoms with van der Waals surface area (Å²) >= 11 is 0.929. The van der Waals surface area contributed by atoms with E-state index >= 15 is 0 Å². The highest BCUT2D eigenvalue weighted by Crippen LogP contribution is 2.13. The molecule has 2 aromatic rings. The molecule has 0 aliphatic rings. The molecule has 0 radical (unpaired) electrons. The van der Waals surface area contributed by atoms with Crippen molar-refractivity contribution >= 4 is 27.5 Å². The van der Waals surface area contributed by atoms with Crippen LogP contribution >= 0.6 is 11.3 Å². The minimum Gasteiger partial charge on any atom is -0.365 e. The van der Waals surface area contributed by atoms with Gasteiger partial charge in [-0.25, -0.2) is 4.98 Å². The molecule has 2 N–H and O–H groups in total. The average Bonchev–Trinajstić information content (AvgIpc) is 2.16. The van der Waals surface area contributed by atoms with Crippen LogP contribution in [0.15, 0.2) is 29.2 Å². The lowest BCUT2D eigenvalue weighted by Gasteiger charge is -1.96. The number of carbonyl (C=O) groups is 1. The summed E-state index contributed by atoms with van der Waals surface area (Å²) in [5, 5.41) is 0.755. The lowest BCUT2D eigenvalue weighted by atomic mass is 10.2. The van der Waals surface area contributed by atoms with Crippen molar-refractivity contribution in [1.82, 2.24) is 4.98 Å². The van der Waals surface area contributed by atoms with Crippen molar-refractivity contribution in [3.63, 3.8) is 0 Å². The molecule has 0 aromatic carbocycles. The molecule has 0 unspecified atom stereocenters. The molecule has 2 aromatic heterocycles. The van der Waals surface area contributed by atoms with Gasteiger partial charge in [0.25, 0.3) is 5.91 Å². The quantitative estimate of drug-likeness (QED) is 0.748. The molecule has 0 spiro atoms. The molecule has 0 aliphatic carbocycles. The van der Waals surface area contributed by atoms with E-state index in [0.29, 0.717) is 4.83 Å². The van der Waals surface area contributed by atoms with Crippen LogP contribution in [-0.4, -0.2) is 10.9 Å². The van der Waals surface area contributed by atoms with Crippen molar-refractivity contribution in [2.45, 2.75) is 0 Å². The lowest BCUT2D eigenvalue weighted by Crippen LogP contribution is -2.19. The van der Waals surface area contributed by atoms with E-state index in [9.17, 15) is 9.59 Å². The number of amides is 1. The van der Waals surface area contributed by atoms with Crippen LogP contribution in [-0.2, 0) is 0 Å². The van der Waals surface area contributed by atoms with E-state index in [1.165, 1.54) is 6.07 Å². The third-order valence-electron chi connectivity index (χ3n) is 1.78. The Kier molecular flexibility index (Phi) is 2.01. The molecule has 4 nitrogen and oxygen atoms in total. The van der Waals surface area contributed by atoms with Crippen molar-refractivity contribution < 1.29 is 4.79 Å². The highest BCUT2D eigenvalue weighted by atomic mass is 32.1. The van der Waals surface area contributed by atoms with Gasteiger partial charge in [-0.1, -0.05) is 17.4 Å². The van der Waals surface area contributed by atoms with E-state index in [-0.39, 0.29) is 10.3 Å². The summed E-state index contributed by atoms with van der Waals surface area (Å²) in [6.45, 7) is 0. The van der Waals surface area contributed by atoms with Crippen LogP contribution in [0.4, 0.5) is 0 Å². The smallest absolute Gasteiger partial charge is 0.253 e. The molecule has 1 amide bonds. The van der Waals surface area contributed by atoms with E-state index in [0.717, 1.165) is 16.7 Å². The van der Waals surface area contributed by atoms with Crippen LogP contribution in [0.2, 0.25) is 0 Å². The molecule has 0 aliphatic heterocycles. The molecule has 70 valence electrons. The van der Waals surface area contributed by atoms with Gasteiger partial charge in [-0.05, 0) is 12.1 Å². The van der Waals surface area contributed by atoms with Gasteiger partial charge in [0.15, 0.2) is 0 Å². The second-order valence-corrected chi connectivity index (χ2v) is 3.67. The summed E-state index contributed by atoms with van der Waals surface area (Å²) in [7, 11) is 0.